The first-order valence-electron chi connectivity index (χ1n) is 13.6. The molecular formula is C34H28N6O3. The summed E-state index contributed by atoms with van der Waals surface area (Å²) < 4.78 is 7.42. The highest BCUT2D eigenvalue weighted by molar-refractivity contribution is 6.05. The van der Waals surface area contributed by atoms with Gasteiger partial charge in [0.1, 0.15) is 29.4 Å². The minimum atomic E-state index is -0.320. The number of nitroso groups, excluding NO2 is 1. The number of nitrogens with zero attached hydrogens (tertiary/aromatic N) is 4. The largest absolute Gasteiger partial charge is 0.497 e. The lowest BCUT2D eigenvalue weighted by Crippen LogP contribution is -2.11. The zero-order valence-electron chi connectivity index (χ0n) is 23.8. The van der Waals surface area contributed by atoms with Crippen molar-refractivity contribution in [2.75, 3.05) is 24.8 Å². The molecule has 0 unspecified atom stereocenters. The first kappa shape index (κ1) is 27.3. The SMILES string of the molecule is CNc1cc(-n2cc(-c3ccc(OC)cc3)c3ccc(-c4cccc(NC(=O)c5ccc(C)c(N=O)c5)c4)cc32)ncn1. The molecule has 9 nitrogen and oxygen atoms in total. The molecule has 0 aliphatic rings. The molecule has 212 valence electrons. The van der Waals surface area contributed by atoms with E-state index in [4.69, 9.17) is 4.74 Å². The number of hydrogen-bond acceptors (Lipinski definition) is 7. The molecule has 0 saturated carbocycles. The van der Waals surface area contributed by atoms with Crippen LogP contribution >= 0.6 is 0 Å². The van der Waals surface area contributed by atoms with Crippen molar-refractivity contribution in [3.05, 3.63) is 120 Å². The third-order valence-electron chi connectivity index (χ3n) is 7.39. The van der Waals surface area contributed by atoms with Crippen LogP contribution in [-0.4, -0.2) is 34.6 Å². The minimum absolute atomic E-state index is 0.247. The molecule has 0 aliphatic carbocycles. The van der Waals surface area contributed by atoms with Crippen LogP contribution < -0.4 is 15.4 Å². The van der Waals surface area contributed by atoms with Crippen molar-refractivity contribution in [3.8, 4) is 33.8 Å². The number of carbonyl (C=O) groups is 1. The number of carbonyl (C=O) groups excluding carboxylic acids is 1. The summed E-state index contributed by atoms with van der Waals surface area (Å²) in [7, 11) is 3.48. The maximum absolute atomic E-state index is 13.0. The quantitative estimate of drug-likeness (QED) is 0.182. The lowest BCUT2D eigenvalue weighted by atomic mass is 10.0. The van der Waals surface area contributed by atoms with Gasteiger partial charge in [-0.25, -0.2) is 9.97 Å². The highest BCUT2D eigenvalue weighted by Gasteiger charge is 2.15. The van der Waals surface area contributed by atoms with E-state index in [1.165, 1.54) is 12.4 Å². The molecular weight excluding hydrogens is 540 g/mol. The lowest BCUT2D eigenvalue weighted by molar-refractivity contribution is 0.102. The Balaban J connectivity index is 1.40. The Bertz CT molecular complexity index is 1980. The number of aryl methyl sites for hydroxylation is 1. The van der Waals surface area contributed by atoms with Crippen LogP contribution in [0.5, 0.6) is 5.75 Å². The maximum atomic E-state index is 13.0. The molecule has 43 heavy (non-hydrogen) atoms. The number of rotatable bonds is 8. The Hall–Kier alpha value is -5.83. The summed E-state index contributed by atoms with van der Waals surface area (Å²) in [6, 6.07) is 28.7. The number of nitrogens with one attached hydrogen (secondary N) is 2. The molecule has 6 aromatic rings. The summed E-state index contributed by atoms with van der Waals surface area (Å²) in [5.41, 5.74) is 6.92. The van der Waals surface area contributed by atoms with Gasteiger partial charge in [-0.15, -0.1) is 4.91 Å². The van der Waals surface area contributed by atoms with E-state index < -0.39 is 0 Å². The first-order valence-corrected chi connectivity index (χ1v) is 13.6. The van der Waals surface area contributed by atoms with E-state index in [1.54, 1.807) is 26.2 Å². The van der Waals surface area contributed by atoms with Gasteiger partial charge in [-0.1, -0.05) is 42.5 Å². The number of anilines is 2. The highest BCUT2D eigenvalue weighted by atomic mass is 16.5. The van der Waals surface area contributed by atoms with Crippen molar-refractivity contribution < 1.29 is 9.53 Å². The van der Waals surface area contributed by atoms with Crippen LogP contribution in [0.25, 0.3) is 39.0 Å². The van der Waals surface area contributed by atoms with E-state index in [0.29, 0.717) is 22.6 Å². The average molecular weight is 569 g/mol. The predicted octanol–water partition coefficient (Wildman–Crippen LogP) is 7.76. The standard InChI is InChI=1S/C34H28N6O3/c1-21-7-8-25(16-30(21)39-42)34(41)38-26-6-4-5-23(15-26)24-11-14-28-29(22-9-12-27(43-3)13-10-22)19-40(31(28)17-24)33-18-32(35-2)36-20-37-33/h4-20H,1-3H3,(H,38,41)(H,35,36,37). The fourth-order valence-corrected chi connectivity index (χ4v) is 5.04. The molecule has 4 aromatic carbocycles. The van der Waals surface area contributed by atoms with Crippen LogP contribution in [0.3, 0.4) is 0 Å². The van der Waals surface area contributed by atoms with Crippen molar-refractivity contribution in [3.63, 3.8) is 0 Å². The van der Waals surface area contributed by atoms with Crippen LogP contribution in [0.2, 0.25) is 0 Å². The molecule has 0 atom stereocenters. The summed E-state index contributed by atoms with van der Waals surface area (Å²) in [6.07, 6.45) is 3.62. The molecule has 0 aliphatic heterocycles. The van der Waals surface area contributed by atoms with Gasteiger partial charge >= 0.3 is 0 Å². The van der Waals surface area contributed by atoms with Crippen LogP contribution in [0.4, 0.5) is 17.2 Å². The topological polar surface area (TPSA) is 110 Å². The van der Waals surface area contributed by atoms with Gasteiger partial charge in [-0.05, 0) is 76.8 Å². The Morgan fingerprint density at radius 1 is 0.884 bits per heavy atom. The molecule has 0 radical (unpaired) electrons. The molecule has 2 N–H and O–H groups in total. The van der Waals surface area contributed by atoms with Crippen LogP contribution in [0.1, 0.15) is 15.9 Å². The van der Waals surface area contributed by atoms with E-state index in [-0.39, 0.29) is 11.6 Å². The Kier molecular flexibility index (Phi) is 7.36. The third-order valence-corrected chi connectivity index (χ3v) is 7.39. The average Bonchev–Trinajstić information content (AvgIpc) is 3.44. The smallest absolute Gasteiger partial charge is 0.255 e. The van der Waals surface area contributed by atoms with E-state index >= 15 is 0 Å². The van der Waals surface area contributed by atoms with Gasteiger partial charge in [0.05, 0.1) is 12.6 Å². The van der Waals surface area contributed by atoms with Crippen LogP contribution in [0, 0.1) is 11.8 Å². The van der Waals surface area contributed by atoms with Gasteiger partial charge in [0.25, 0.3) is 5.91 Å². The number of hydrogen-bond donors (Lipinski definition) is 2. The van der Waals surface area contributed by atoms with Crippen molar-refractivity contribution in [1.29, 1.82) is 0 Å². The van der Waals surface area contributed by atoms with Crippen LogP contribution in [-0.2, 0) is 0 Å². The molecule has 0 fully saturated rings. The first-order chi connectivity index (χ1) is 21.0. The fourth-order valence-electron chi connectivity index (χ4n) is 5.04. The molecule has 0 spiro atoms. The Morgan fingerprint density at radius 2 is 1.67 bits per heavy atom. The van der Waals surface area contributed by atoms with Crippen molar-refractivity contribution in [2.24, 2.45) is 5.18 Å². The lowest BCUT2D eigenvalue weighted by Gasteiger charge is -2.10. The molecule has 0 saturated heterocycles. The normalized spacial score (nSPS) is 10.9. The predicted molar refractivity (Wildman–Crippen MR) is 170 cm³/mol. The molecule has 0 bridgehead atoms. The molecule has 6 rings (SSSR count). The Labute approximate surface area is 248 Å². The second kappa shape index (κ2) is 11.6. The molecule has 9 heteroatoms. The van der Waals surface area contributed by atoms with E-state index in [1.807, 2.05) is 61.6 Å². The Morgan fingerprint density at radius 3 is 2.44 bits per heavy atom. The summed E-state index contributed by atoms with van der Waals surface area (Å²) in [5.74, 6) is 1.91. The second-order valence-corrected chi connectivity index (χ2v) is 10.0. The van der Waals surface area contributed by atoms with Gasteiger partial charge in [0.2, 0.25) is 0 Å². The van der Waals surface area contributed by atoms with Crippen molar-refractivity contribution >= 4 is 34.0 Å². The van der Waals surface area contributed by atoms with Gasteiger partial charge in [-0.3, -0.25) is 4.79 Å². The zero-order chi connectivity index (χ0) is 29.9. The third kappa shape index (κ3) is 5.43. The highest BCUT2D eigenvalue weighted by Crippen LogP contribution is 2.36. The number of fused-ring (bicyclic) bond motifs is 1. The number of amides is 1. The zero-order valence-corrected chi connectivity index (χ0v) is 23.8. The molecule has 1 amide bonds. The minimum Gasteiger partial charge on any atom is -0.497 e. The van der Waals surface area contributed by atoms with Gasteiger partial charge in [0.15, 0.2) is 0 Å². The molecule has 2 heterocycles. The fraction of sp³-hybridized carbons (Fsp3) is 0.0882. The maximum Gasteiger partial charge on any atom is 0.255 e. The second-order valence-electron chi connectivity index (χ2n) is 10.0. The van der Waals surface area contributed by atoms with Gasteiger partial charge in [-0.2, -0.15) is 0 Å². The van der Waals surface area contributed by atoms with E-state index in [9.17, 15) is 9.70 Å². The van der Waals surface area contributed by atoms with Gasteiger partial charge in [0, 0.05) is 41.5 Å². The summed E-state index contributed by atoms with van der Waals surface area (Å²) in [5, 5.41) is 10.1. The molecule has 2 aromatic heterocycles. The number of benzene rings is 4. The van der Waals surface area contributed by atoms with E-state index in [2.05, 4.69) is 54.7 Å². The van der Waals surface area contributed by atoms with Crippen molar-refractivity contribution in [1.82, 2.24) is 14.5 Å². The van der Waals surface area contributed by atoms with E-state index in [0.717, 1.165) is 44.7 Å². The van der Waals surface area contributed by atoms with Crippen molar-refractivity contribution in [2.45, 2.75) is 6.92 Å². The monoisotopic (exact) mass is 568 g/mol. The number of methoxy groups -OCH3 is 1. The summed E-state index contributed by atoms with van der Waals surface area (Å²) in [4.78, 5) is 32.9. The van der Waals surface area contributed by atoms with Gasteiger partial charge < -0.3 is 19.9 Å². The number of aromatic nitrogens is 3. The summed E-state index contributed by atoms with van der Waals surface area (Å²) in [6.45, 7) is 1.78. The summed E-state index contributed by atoms with van der Waals surface area (Å²) >= 11 is 0. The number of ether oxygens (including phenoxy) is 1. The van der Waals surface area contributed by atoms with Crippen LogP contribution in [0.15, 0.2) is 109 Å².